The Balaban J connectivity index is 1.35. The average molecular weight is 429 g/mol. The molecule has 0 bridgehead atoms. The van der Waals surface area contributed by atoms with Crippen LogP contribution in [0.3, 0.4) is 0 Å². The number of hydrogen-bond donors (Lipinski definition) is 1. The van der Waals surface area contributed by atoms with E-state index in [9.17, 15) is 14.3 Å². The van der Waals surface area contributed by atoms with Gasteiger partial charge in [0.2, 0.25) is 0 Å². The van der Waals surface area contributed by atoms with E-state index < -0.39 is 18.0 Å². The van der Waals surface area contributed by atoms with E-state index in [1.807, 2.05) is 4.90 Å². The number of benzene rings is 1. The van der Waals surface area contributed by atoms with E-state index in [2.05, 4.69) is 9.88 Å². The van der Waals surface area contributed by atoms with Gasteiger partial charge in [0, 0.05) is 56.2 Å². The van der Waals surface area contributed by atoms with Crippen molar-refractivity contribution in [2.24, 2.45) is 0 Å². The van der Waals surface area contributed by atoms with Crippen molar-refractivity contribution in [3.05, 3.63) is 54.1 Å². The van der Waals surface area contributed by atoms with Crippen LogP contribution in [0, 0.1) is 5.82 Å². The topological polar surface area (TPSA) is 75.1 Å². The fourth-order valence-electron chi connectivity index (χ4n) is 4.39. The number of carbonyl (C=O) groups is 1. The summed E-state index contributed by atoms with van der Waals surface area (Å²) in [6.45, 7) is 2.75. The number of piperidine rings is 2. The molecular formula is C23H28FN3O4. The van der Waals surface area contributed by atoms with Gasteiger partial charge in [0.15, 0.2) is 11.5 Å². The van der Waals surface area contributed by atoms with Crippen LogP contribution in [0.15, 0.2) is 42.7 Å². The second-order valence-electron chi connectivity index (χ2n) is 8.06. The predicted octanol–water partition coefficient (Wildman–Crippen LogP) is 2.35. The molecule has 8 heteroatoms. The number of halogens is 1. The van der Waals surface area contributed by atoms with Gasteiger partial charge in [-0.05, 0) is 43.5 Å². The molecule has 0 spiro atoms. The molecule has 31 heavy (non-hydrogen) atoms. The fraction of sp³-hybridized carbons (Fsp3) is 0.478. The molecule has 1 aromatic carbocycles. The first-order valence-corrected chi connectivity index (χ1v) is 10.7. The van der Waals surface area contributed by atoms with Gasteiger partial charge in [-0.3, -0.25) is 14.7 Å². The summed E-state index contributed by atoms with van der Waals surface area (Å²) in [6.07, 6.45) is 4.59. The van der Waals surface area contributed by atoms with E-state index in [0.29, 0.717) is 49.2 Å². The molecule has 2 aliphatic rings. The summed E-state index contributed by atoms with van der Waals surface area (Å²) in [5, 5.41) is 10.5. The Labute approximate surface area is 181 Å². The molecule has 0 unspecified atom stereocenters. The van der Waals surface area contributed by atoms with Crippen molar-refractivity contribution in [2.75, 3.05) is 33.3 Å². The maximum Gasteiger partial charge on any atom is 0.253 e. The van der Waals surface area contributed by atoms with Gasteiger partial charge in [-0.1, -0.05) is 0 Å². The number of aromatic nitrogens is 1. The molecule has 1 amide bonds. The van der Waals surface area contributed by atoms with Gasteiger partial charge in [0.25, 0.3) is 5.91 Å². The van der Waals surface area contributed by atoms with Crippen molar-refractivity contribution < 1.29 is 23.8 Å². The van der Waals surface area contributed by atoms with Gasteiger partial charge in [0.05, 0.1) is 13.2 Å². The maximum absolute atomic E-state index is 13.5. The molecular weight excluding hydrogens is 401 g/mol. The van der Waals surface area contributed by atoms with Gasteiger partial charge in [-0.25, -0.2) is 4.39 Å². The Bertz CT molecular complexity index is 890. The van der Waals surface area contributed by atoms with Crippen molar-refractivity contribution in [3.63, 3.8) is 0 Å². The molecule has 3 heterocycles. The Hall–Kier alpha value is -2.71. The second-order valence-corrected chi connectivity index (χ2v) is 8.06. The van der Waals surface area contributed by atoms with Crippen molar-refractivity contribution in [2.45, 2.75) is 37.5 Å². The van der Waals surface area contributed by atoms with Crippen molar-refractivity contribution in [1.82, 2.24) is 14.8 Å². The monoisotopic (exact) mass is 429 g/mol. The first-order chi connectivity index (χ1) is 15.0. The van der Waals surface area contributed by atoms with Gasteiger partial charge < -0.3 is 19.5 Å². The van der Waals surface area contributed by atoms with Crippen molar-refractivity contribution >= 4 is 5.91 Å². The number of rotatable bonds is 5. The zero-order valence-corrected chi connectivity index (χ0v) is 17.6. The second kappa shape index (κ2) is 9.62. The highest BCUT2D eigenvalue weighted by molar-refractivity contribution is 5.94. The van der Waals surface area contributed by atoms with E-state index in [-0.39, 0.29) is 5.91 Å². The molecule has 0 saturated carbocycles. The van der Waals surface area contributed by atoms with Crippen LogP contribution in [-0.2, 0) is 0 Å². The van der Waals surface area contributed by atoms with Crippen LogP contribution < -0.4 is 9.47 Å². The minimum absolute atomic E-state index is 0.0412. The number of pyridine rings is 1. The molecule has 0 aliphatic carbocycles. The Kier molecular flexibility index (Phi) is 6.67. The Morgan fingerprint density at radius 1 is 1.10 bits per heavy atom. The summed E-state index contributed by atoms with van der Waals surface area (Å²) in [5.41, 5.74) is 0.663. The molecule has 166 valence electrons. The highest BCUT2D eigenvalue weighted by atomic mass is 19.1. The van der Waals surface area contributed by atoms with Crippen LogP contribution >= 0.6 is 0 Å². The van der Waals surface area contributed by atoms with Crippen LogP contribution in [0.4, 0.5) is 4.39 Å². The number of aliphatic hydroxyl groups excluding tert-OH is 1. The zero-order chi connectivity index (χ0) is 21.8. The first-order valence-electron chi connectivity index (χ1n) is 10.7. The maximum atomic E-state index is 13.5. The number of nitrogens with zero attached hydrogens (tertiary/aromatic N) is 3. The summed E-state index contributed by atoms with van der Waals surface area (Å²) in [7, 11) is 1.46. The van der Waals surface area contributed by atoms with Crippen LogP contribution in [0.1, 0.15) is 29.6 Å². The largest absolute Gasteiger partial charge is 0.493 e. The molecule has 1 aromatic heterocycles. The molecule has 1 N–H and O–H groups in total. The van der Waals surface area contributed by atoms with Gasteiger partial charge >= 0.3 is 0 Å². The highest BCUT2D eigenvalue weighted by Gasteiger charge is 2.35. The fourth-order valence-corrected chi connectivity index (χ4v) is 4.39. The number of ether oxygens (including phenoxy) is 2. The van der Waals surface area contributed by atoms with E-state index in [1.54, 1.807) is 24.5 Å². The van der Waals surface area contributed by atoms with Gasteiger partial charge in [-0.15, -0.1) is 0 Å². The molecule has 4 rings (SSSR count). The molecule has 7 nitrogen and oxygen atoms in total. The summed E-state index contributed by atoms with van der Waals surface area (Å²) >= 11 is 0. The predicted molar refractivity (Wildman–Crippen MR) is 113 cm³/mol. The van der Waals surface area contributed by atoms with Crippen LogP contribution in [0.2, 0.25) is 0 Å². The minimum atomic E-state index is -0.598. The minimum Gasteiger partial charge on any atom is -0.493 e. The lowest BCUT2D eigenvalue weighted by Crippen LogP contribution is -2.55. The van der Waals surface area contributed by atoms with Crippen molar-refractivity contribution in [3.8, 4) is 11.5 Å². The SMILES string of the molecule is COc1cc(F)ccc1O[C@@H]1CN(C2CCN(C(=O)c3ccncc3)CC2)CC[C@H]1O. The lowest BCUT2D eigenvalue weighted by Gasteiger charge is -2.43. The van der Waals surface area contributed by atoms with E-state index in [4.69, 9.17) is 9.47 Å². The summed E-state index contributed by atoms with van der Waals surface area (Å²) < 4.78 is 24.7. The summed E-state index contributed by atoms with van der Waals surface area (Å²) in [6, 6.07) is 7.94. The summed E-state index contributed by atoms with van der Waals surface area (Å²) in [4.78, 5) is 20.9. The lowest BCUT2D eigenvalue weighted by atomic mass is 9.97. The van der Waals surface area contributed by atoms with Crippen LogP contribution in [0.25, 0.3) is 0 Å². The Morgan fingerprint density at radius 2 is 1.84 bits per heavy atom. The third-order valence-corrected chi connectivity index (χ3v) is 6.16. The lowest BCUT2D eigenvalue weighted by molar-refractivity contribution is -0.0435. The molecule has 2 saturated heterocycles. The third-order valence-electron chi connectivity index (χ3n) is 6.16. The third kappa shape index (κ3) is 4.97. The quantitative estimate of drug-likeness (QED) is 0.787. The van der Waals surface area contributed by atoms with E-state index in [0.717, 1.165) is 19.4 Å². The van der Waals surface area contributed by atoms with Gasteiger partial charge in [-0.2, -0.15) is 0 Å². The standard InChI is InChI=1S/C23H28FN3O4/c1-30-21-14-17(24)2-3-20(21)31-22-15-27(13-8-19(22)28)18-6-11-26(12-7-18)23(29)16-4-9-25-10-5-16/h2-5,9-10,14,18-19,22,28H,6-8,11-13,15H2,1H3/t19-,22-/m1/s1. The average Bonchev–Trinajstić information content (AvgIpc) is 2.81. The summed E-state index contributed by atoms with van der Waals surface area (Å²) in [5.74, 6) is 0.377. The Morgan fingerprint density at radius 3 is 2.55 bits per heavy atom. The van der Waals surface area contributed by atoms with Crippen molar-refractivity contribution in [1.29, 1.82) is 0 Å². The number of amides is 1. The number of aliphatic hydroxyl groups is 1. The molecule has 2 aromatic rings. The van der Waals surface area contributed by atoms with Crippen LogP contribution in [0.5, 0.6) is 11.5 Å². The number of methoxy groups -OCH3 is 1. The number of likely N-dealkylation sites (tertiary alicyclic amines) is 2. The molecule has 2 atom stereocenters. The molecule has 2 fully saturated rings. The smallest absolute Gasteiger partial charge is 0.253 e. The number of carbonyl (C=O) groups excluding carboxylic acids is 1. The van der Waals surface area contributed by atoms with E-state index >= 15 is 0 Å². The highest BCUT2D eigenvalue weighted by Crippen LogP contribution is 2.31. The molecule has 0 radical (unpaired) electrons. The normalized spacial score (nSPS) is 22.9. The zero-order valence-electron chi connectivity index (χ0n) is 17.6. The first kappa shape index (κ1) is 21.5. The van der Waals surface area contributed by atoms with E-state index in [1.165, 1.54) is 25.3 Å². The molecule has 2 aliphatic heterocycles. The van der Waals surface area contributed by atoms with Crippen LogP contribution in [-0.4, -0.2) is 77.3 Å². The number of hydrogen-bond acceptors (Lipinski definition) is 6. The van der Waals surface area contributed by atoms with Gasteiger partial charge in [0.1, 0.15) is 11.9 Å².